The van der Waals surface area contributed by atoms with Crippen LogP contribution in [0.4, 0.5) is 4.79 Å². The lowest BCUT2D eigenvalue weighted by Crippen LogP contribution is -2.25. The molecule has 1 aromatic carbocycles. The van der Waals surface area contributed by atoms with Crippen molar-refractivity contribution in [3.8, 4) is 0 Å². The average molecular weight is 284 g/mol. The molecule has 1 aromatic rings. The molecule has 16 heavy (non-hydrogen) atoms. The largest absolute Gasteiger partial charge is 0.350 e. The predicted octanol–water partition coefficient (Wildman–Crippen LogP) is 2.43. The predicted molar refractivity (Wildman–Crippen MR) is 68.3 cm³/mol. The maximum atomic E-state index is 10.4. The van der Waals surface area contributed by atoms with E-state index in [1.54, 1.807) is 0 Å². The van der Waals surface area contributed by atoms with Crippen LogP contribution in [-0.4, -0.2) is 11.7 Å². The molecule has 0 unspecified atom stereocenters. The summed E-state index contributed by atoms with van der Waals surface area (Å²) in [7, 11) is 0. The number of rotatable bonds is 4. The lowest BCUT2D eigenvalue weighted by atomic mass is 10.1. The highest BCUT2D eigenvalue weighted by Crippen LogP contribution is 2.17. The third kappa shape index (κ3) is 4.44. The van der Waals surface area contributed by atoms with E-state index < -0.39 is 6.03 Å². The summed E-state index contributed by atoms with van der Waals surface area (Å²) in [5.41, 5.74) is 9.18. The van der Waals surface area contributed by atoms with Crippen LogP contribution < -0.4 is 11.2 Å². The van der Waals surface area contributed by atoms with Gasteiger partial charge in [-0.15, -0.1) is 0 Å². The fourth-order valence-corrected chi connectivity index (χ4v) is 1.71. The van der Waals surface area contributed by atoms with Crippen LogP contribution in [0.1, 0.15) is 18.9 Å². The number of hydrogen-bond acceptors (Lipinski definition) is 2. The summed E-state index contributed by atoms with van der Waals surface area (Å²) in [5.74, 6) is 0. The van der Waals surface area contributed by atoms with E-state index in [9.17, 15) is 4.79 Å². The van der Waals surface area contributed by atoms with Gasteiger partial charge in [0.25, 0.3) is 0 Å². The summed E-state index contributed by atoms with van der Waals surface area (Å²) in [4.78, 5) is 10.4. The zero-order valence-electron chi connectivity index (χ0n) is 9.03. The van der Waals surface area contributed by atoms with Gasteiger partial charge in [0, 0.05) is 10.2 Å². The normalized spacial score (nSPS) is 11.2. The molecule has 0 saturated heterocycles. The summed E-state index contributed by atoms with van der Waals surface area (Å²) in [6.07, 6.45) is 1.65. The average Bonchev–Trinajstić information content (AvgIpc) is 2.25. The monoisotopic (exact) mass is 283 g/mol. The highest BCUT2D eigenvalue weighted by atomic mass is 79.9. The molecular weight excluding hydrogens is 270 g/mol. The van der Waals surface area contributed by atoms with Crippen molar-refractivity contribution >= 4 is 27.7 Å². The van der Waals surface area contributed by atoms with Crippen molar-refractivity contribution in [2.24, 2.45) is 10.8 Å². The third-order valence-corrected chi connectivity index (χ3v) is 2.84. The molecule has 1 rings (SSSR count). The first-order valence-corrected chi connectivity index (χ1v) is 5.71. The van der Waals surface area contributed by atoms with Crippen LogP contribution in [-0.2, 0) is 6.42 Å². The molecule has 0 atom stereocenters. The summed E-state index contributed by atoms with van der Waals surface area (Å²) < 4.78 is 1.09. The summed E-state index contributed by atoms with van der Waals surface area (Å²) in [6, 6.07) is 7.39. The number of carbonyl (C=O) groups is 1. The minimum atomic E-state index is -0.639. The van der Waals surface area contributed by atoms with Crippen LogP contribution in [0.25, 0.3) is 0 Å². The Kier molecular flexibility index (Phi) is 4.98. The number of primary amides is 1. The SMILES string of the molecule is CC(CCc1ccccc1Br)=NNC(N)=O. The first-order chi connectivity index (χ1) is 7.59. The minimum absolute atomic E-state index is 0.639. The fourth-order valence-electron chi connectivity index (χ4n) is 1.22. The van der Waals surface area contributed by atoms with Gasteiger partial charge in [-0.05, 0) is 31.4 Å². The molecule has 0 spiro atoms. The number of nitrogens with two attached hydrogens (primary N) is 1. The second kappa shape index (κ2) is 6.27. The Morgan fingerprint density at radius 1 is 1.50 bits per heavy atom. The highest BCUT2D eigenvalue weighted by molar-refractivity contribution is 9.10. The zero-order valence-corrected chi connectivity index (χ0v) is 10.6. The molecule has 0 aliphatic carbocycles. The molecule has 5 heteroatoms. The number of nitrogens with one attached hydrogen (secondary N) is 1. The molecule has 4 nitrogen and oxygen atoms in total. The zero-order chi connectivity index (χ0) is 12.0. The van der Waals surface area contributed by atoms with Crippen molar-refractivity contribution in [3.63, 3.8) is 0 Å². The second-order valence-electron chi connectivity index (χ2n) is 3.41. The molecule has 0 heterocycles. The van der Waals surface area contributed by atoms with E-state index in [0.29, 0.717) is 0 Å². The van der Waals surface area contributed by atoms with Crippen LogP contribution in [0.15, 0.2) is 33.8 Å². The summed E-state index contributed by atoms with van der Waals surface area (Å²) >= 11 is 3.48. The van der Waals surface area contributed by atoms with Gasteiger partial charge in [0.05, 0.1) is 0 Å². The smallest absolute Gasteiger partial charge is 0.332 e. The van der Waals surface area contributed by atoms with Crippen LogP contribution in [0, 0.1) is 0 Å². The van der Waals surface area contributed by atoms with Gasteiger partial charge in [-0.25, -0.2) is 10.2 Å². The van der Waals surface area contributed by atoms with Gasteiger partial charge >= 0.3 is 6.03 Å². The molecule has 0 radical (unpaired) electrons. The Balaban J connectivity index is 2.49. The minimum Gasteiger partial charge on any atom is -0.350 e. The van der Waals surface area contributed by atoms with E-state index in [1.807, 2.05) is 25.1 Å². The number of nitrogens with zero attached hydrogens (tertiary/aromatic N) is 1. The molecule has 0 bridgehead atoms. The van der Waals surface area contributed by atoms with Crippen molar-refractivity contribution < 1.29 is 4.79 Å². The number of amides is 2. The lowest BCUT2D eigenvalue weighted by molar-refractivity contribution is 0.249. The number of hydrazone groups is 1. The number of urea groups is 1. The van der Waals surface area contributed by atoms with Crippen LogP contribution in [0.2, 0.25) is 0 Å². The van der Waals surface area contributed by atoms with Gasteiger partial charge in [-0.3, -0.25) is 0 Å². The third-order valence-electron chi connectivity index (χ3n) is 2.07. The standard InChI is InChI=1S/C11H14BrN3O/c1-8(14-15-11(13)16)6-7-9-4-2-3-5-10(9)12/h2-5H,6-7H2,1H3,(H3,13,15,16). The number of aryl methyl sites for hydroxylation is 1. The van der Waals surface area contributed by atoms with Gasteiger partial charge in [0.1, 0.15) is 0 Å². The van der Waals surface area contributed by atoms with Crippen molar-refractivity contribution in [1.29, 1.82) is 0 Å². The van der Waals surface area contributed by atoms with Crippen molar-refractivity contribution in [1.82, 2.24) is 5.43 Å². The molecule has 3 N–H and O–H groups in total. The van der Waals surface area contributed by atoms with E-state index in [4.69, 9.17) is 5.73 Å². The van der Waals surface area contributed by atoms with E-state index in [0.717, 1.165) is 23.0 Å². The molecule has 0 aromatic heterocycles. The molecule has 2 amide bonds. The summed E-state index contributed by atoms with van der Waals surface area (Å²) in [5, 5.41) is 3.85. The Bertz CT molecular complexity index is 404. The Hall–Kier alpha value is -1.36. The van der Waals surface area contributed by atoms with Gasteiger partial charge in [0.2, 0.25) is 0 Å². The number of benzene rings is 1. The molecule has 0 aliphatic rings. The quantitative estimate of drug-likeness (QED) is 0.647. The molecular formula is C11H14BrN3O. The topological polar surface area (TPSA) is 67.5 Å². The second-order valence-corrected chi connectivity index (χ2v) is 4.27. The van der Waals surface area contributed by atoms with E-state index >= 15 is 0 Å². The summed E-state index contributed by atoms with van der Waals surface area (Å²) in [6.45, 7) is 1.85. The Morgan fingerprint density at radius 3 is 2.81 bits per heavy atom. The van der Waals surface area contributed by atoms with Gasteiger partial charge in [-0.2, -0.15) is 5.10 Å². The van der Waals surface area contributed by atoms with Gasteiger partial charge in [-0.1, -0.05) is 34.1 Å². The van der Waals surface area contributed by atoms with Crippen molar-refractivity contribution in [2.45, 2.75) is 19.8 Å². The van der Waals surface area contributed by atoms with Crippen LogP contribution in [0.5, 0.6) is 0 Å². The van der Waals surface area contributed by atoms with Crippen LogP contribution in [0.3, 0.4) is 0 Å². The maximum Gasteiger partial charge on any atom is 0.332 e. The lowest BCUT2D eigenvalue weighted by Gasteiger charge is -2.03. The fraction of sp³-hybridized carbons (Fsp3) is 0.273. The van der Waals surface area contributed by atoms with Crippen molar-refractivity contribution in [3.05, 3.63) is 34.3 Å². The number of hydrogen-bond donors (Lipinski definition) is 2. The first-order valence-electron chi connectivity index (χ1n) is 4.91. The van der Waals surface area contributed by atoms with E-state index in [2.05, 4.69) is 32.5 Å². The molecule has 0 aliphatic heterocycles. The molecule has 0 fully saturated rings. The maximum absolute atomic E-state index is 10.4. The van der Waals surface area contributed by atoms with Crippen LogP contribution >= 0.6 is 15.9 Å². The Labute approximate surface area is 103 Å². The highest BCUT2D eigenvalue weighted by Gasteiger charge is 2.00. The molecule has 86 valence electrons. The van der Waals surface area contributed by atoms with E-state index in [-0.39, 0.29) is 0 Å². The Morgan fingerprint density at radius 2 is 2.19 bits per heavy atom. The molecule has 0 saturated carbocycles. The van der Waals surface area contributed by atoms with Gasteiger partial charge in [0.15, 0.2) is 0 Å². The van der Waals surface area contributed by atoms with E-state index in [1.165, 1.54) is 5.56 Å². The van der Waals surface area contributed by atoms with Gasteiger partial charge < -0.3 is 5.73 Å². The number of halogens is 1. The number of carbonyl (C=O) groups excluding carboxylic acids is 1. The first kappa shape index (κ1) is 12.7. The van der Waals surface area contributed by atoms with Crippen molar-refractivity contribution in [2.75, 3.05) is 0 Å².